The molecular weight excluding hydrogens is 449 g/mol. The molecule has 1 aliphatic heterocycles. The molecule has 0 radical (unpaired) electrons. The number of anilines is 1. The lowest BCUT2D eigenvalue weighted by Crippen LogP contribution is -2.03. The SMILES string of the molecule is O=C1Nc2ccc(I)cc2C1=Cc1cc(O)c(Br)c(O)c1. The molecule has 3 N–H and O–H groups in total. The maximum atomic E-state index is 12.1. The lowest BCUT2D eigenvalue weighted by Gasteiger charge is -2.04. The monoisotopic (exact) mass is 457 g/mol. The molecule has 0 fully saturated rings. The van der Waals surface area contributed by atoms with Gasteiger partial charge in [-0.1, -0.05) is 0 Å². The van der Waals surface area contributed by atoms with Crippen molar-refractivity contribution >= 4 is 61.8 Å². The Labute approximate surface area is 142 Å². The molecule has 1 heterocycles. The van der Waals surface area contributed by atoms with Crippen molar-refractivity contribution in [3.05, 3.63) is 49.5 Å². The number of hydrogen-bond acceptors (Lipinski definition) is 3. The second kappa shape index (κ2) is 5.34. The van der Waals surface area contributed by atoms with Gasteiger partial charge in [-0.3, -0.25) is 4.79 Å². The highest BCUT2D eigenvalue weighted by Gasteiger charge is 2.24. The highest BCUT2D eigenvalue weighted by Crippen LogP contribution is 2.37. The van der Waals surface area contributed by atoms with Gasteiger partial charge in [-0.25, -0.2) is 0 Å². The van der Waals surface area contributed by atoms with Crippen LogP contribution in [0.4, 0.5) is 5.69 Å². The third-order valence-electron chi connectivity index (χ3n) is 3.13. The second-order valence-electron chi connectivity index (χ2n) is 4.58. The Kier molecular flexibility index (Phi) is 3.66. The van der Waals surface area contributed by atoms with Crippen LogP contribution in [0.2, 0.25) is 0 Å². The van der Waals surface area contributed by atoms with Crippen LogP contribution in [0, 0.1) is 3.57 Å². The number of carbonyl (C=O) groups excluding carboxylic acids is 1. The molecule has 0 unspecified atom stereocenters. The first-order valence-corrected chi connectivity index (χ1v) is 7.87. The number of fused-ring (bicyclic) bond motifs is 1. The van der Waals surface area contributed by atoms with Crippen LogP contribution in [0.25, 0.3) is 11.6 Å². The third-order valence-corrected chi connectivity index (χ3v) is 4.62. The molecule has 0 saturated carbocycles. The number of rotatable bonds is 1. The van der Waals surface area contributed by atoms with Gasteiger partial charge < -0.3 is 15.5 Å². The zero-order chi connectivity index (χ0) is 15.1. The van der Waals surface area contributed by atoms with Crippen molar-refractivity contribution in [3.8, 4) is 11.5 Å². The molecule has 1 aliphatic rings. The average molecular weight is 458 g/mol. The molecule has 0 aliphatic carbocycles. The first-order valence-electron chi connectivity index (χ1n) is 6.00. The zero-order valence-electron chi connectivity index (χ0n) is 10.5. The molecule has 0 atom stereocenters. The Hall–Kier alpha value is -1.54. The number of hydrogen-bond donors (Lipinski definition) is 3. The molecular formula is C15H9BrINO3. The number of phenols is 2. The summed E-state index contributed by atoms with van der Waals surface area (Å²) >= 11 is 5.26. The lowest BCUT2D eigenvalue weighted by molar-refractivity contribution is -0.110. The van der Waals surface area contributed by atoms with E-state index in [1.54, 1.807) is 6.08 Å². The average Bonchev–Trinajstić information content (AvgIpc) is 2.72. The zero-order valence-corrected chi connectivity index (χ0v) is 14.3. The number of aromatic hydroxyl groups is 2. The standard InChI is InChI=1S/C15H9BrINO3/c16-14-12(19)4-7(5-13(14)20)3-10-9-6-8(17)1-2-11(9)18-15(10)21/h1-6,19-20H,(H,18,21). The van der Waals surface area contributed by atoms with Crippen LogP contribution in [-0.4, -0.2) is 16.1 Å². The van der Waals surface area contributed by atoms with Crippen molar-refractivity contribution in [1.82, 2.24) is 0 Å². The third kappa shape index (κ3) is 2.65. The fourth-order valence-corrected chi connectivity index (χ4v) is 2.89. The number of halogens is 2. The van der Waals surface area contributed by atoms with Crippen LogP contribution < -0.4 is 5.32 Å². The fourth-order valence-electron chi connectivity index (χ4n) is 2.17. The van der Waals surface area contributed by atoms with Crippen LogP contribution in [0.5, 0.6) is 11.5 Å². The number of carbonyl (C=O) groups is 1. The summed E-state index contributed by atoms with van der Waals surface area (Å²) in [7, 11) is 0. The van der Waals surface area contributed by atoms with Crippen molar-refractivity contribution in [2.75, 3.05) is 5.32 Å². The van der Waals surface area contributed by atoms with Gasteiger partial charge in [0.05, 0.1) is 0 Å². The molecule has 6 heteroatoms. The highest BCUT2D eigenvalue weighted by atomic mass is 127. The van der Waals surface area contributed by atoms with Crippen molar-refractivity contribution in [1.29, 1.82) is 0 Å². The minimum Gasteiger partial charge on any atom is -0.507 e. The summed E-state index contributed by atoms with van der Waals surface area (Å²) in [5, 5.41) is 22.2. The summed E-state index contributed by atoms with van der Waals surface area (Å²) in [4.78, 5) is 12.1. The summed E-state index contributed by atoms with van der Waals surface area (Å²) < 4.78 is 1.26. The number of amides is 1. The number of nitrogens with one attached hydrogen (secondary N) is 1. The van der Waals surface area contributed by atoms with E-state index in [4.69, 9.17) is 0 Å². The summed E-state index contributed by atoms with van der Waals surface area (Å²) in [6.45, 7) is 0. The molecule has 1 amide bonds. The van der Waals surface area contributed by atoms with E-state index in [0.29, 0.717) is 11.1 Å². The molecule has 106 valence electrons. The van der Waals surface area contributed by atoms with Crippen LogP contribution in [0.3, 0.4) is 0 Å². The molecule has 2 aromatic carbocycles. The number of benzene rings is 2. The Morgan fingerprint density at radius 2 is 1.81 bits per heavy atom. The quantitative estimate of drug-likeness (QED) is 0.448. The first kappa shape index (κ1) is 14.4. The lowest BCUT2D eigenvalue weighted by atomic mass is 10.0. The van der Waals surface area contributed by atoms with Crippen LogP contribution in [0.1, 0.15) is 11.1 Å². The van der Waals surface area contributed by atoms with Gasteiger partial charge >= 0.3 is 0 Å². The van der Waals surface area contributed by atoms with E-state index < -0.39 is 0 Å². The van der Waals surface area contributed by atoms with Crippen LogP contribution in [0.15, 0.2) is 34.8 Å². The van der Waals surface area contributed by atoms with E-state index in [0.717, 1.165) is 14.8 Å². The summed E-state index contributed by atoms with van der Waals surface area (Å²) in [5.74, 6) is -0.361. The van der Waals surface area contributed by atoms with Gasteiger partial charge in [0.1, 0.15) is 16.0 Å². The molecule has 21 heavy (non-hydrogen) atoms. The minimum absolute atomic E-state index is 0.0804. The van der Waals surface area contributed by atoms with Crippen LogP contribution >= 0.6 is 38.5 Å². The van der Waals surface area contributed by atoms with Crippen molar-refractivity contribution in [2.24, 2.45) is 0 Å². The predicted octanol–water partition coefficient (Wildman–Crippen LogP) is 3.96. The van der Waals surface area contributed by atoms with E-state index in [1.165, 1.54) is 12.1 Å². The van der Waals surface area contributed by atoms with Gasteiger partial charge in [-0.15, -0.1) is 0 Å². The Balaban J connectivity index is 2.13. The van der Waals surface area contributed by atoms with Gasteiger partial charge in [0, 0.05) is 20.4 Å². The largest absolute Gasteiger partial charge is 0.507 e. The molecule has 2 aromatic rings. The van der Waals surface area contributed by atoms with E-state index in [2.05, 4.69) is 43.8 Å². The van der Waals surface area contributed by atoms with Gasteiger partial charge in [-0.2, -0.15) is 0 Å². The van der Waals surface area contributed by atoms with Gasteiger partial charge in [-0.05, 0) is 80.5 Å². The maximum Gasteiger partial charge on any atom is 0.256 e. The van der Waals surface area contributed by atoms with Crippen LogP contribution in [-0.2, 0) is 4.79 Å². The summed E-state index contributed by atoms with van der Waals surface area (Å²) in [6, 6.07) is 8.65. The fraction of sp³-hybridized carbons (Fsp3) is 0. The Morgan fingerprint density at radius 1 is 1.14 bits per heavy atom. The molecule has 4 nitrogen and oxygen atoms in total. The van der Waals surface area contributed by atoms with Gasteiger partial charge in [0.25, 0.3) is 5.91 Å². The van der Waals surface area contributed by atoms with Crippen molar-refractivity contribution in [3.63, 3.8) is 0 Å². The van der Waals surface area contributed by atoms with Crippen molar-refractivity contribution in [2.45, 2.75) is 0 Å². The Morgan fingerprint density at radius 3 is 2.48 bits per heavy atom. The predicted molar refractivity (Wildman–Crippen MR) is 93.1 cm³/mol. The van der Waals surface area contributed by atoms with Gasteiger partial charge in [0.2, 0.25) is 0 Å². The minimum atomic E-state index is -0.200. The smallest absolute Gasteiger partial charge is 0.256 e. The highest BCUT2D eigenvalue weighted by molar-refractivity contribution is 14.1. The molecule has 0 saturated heterocycles. The first-order chi connectivity index (χ1) is 9.95. The normalized spacial score (nSPS) is 15.1. The van der Waals surface area contributed by atoms with E-state index in [-0.39, 0.29) is 21.9 Å². The maximum absolute atomic E-state index is 12.1. The summed E-state index contributed by atoms with van der Waals surface area (Å²) in [6.07, 6.45) is 1.64. The summed E-state index contributed by atoms with van der Waals surface area (Å²) in [5.41, 5.74) is 2.63. The van der Waals surface area contributed by atoms with E-state index in [9.17, 15) is 15.0 Å². The van der Waals surface area contributed by atoms with Crippen molar-refractivity contribution < 1.29 is 15.0 Å². The van der Waals surface area contributed by atoms with E-state index in [1.807, 2.05) is 18.2 Å². The topological polar surface area (TPSA) is 69.6 Å². The molecule has 0 spiro atoms. The van der Waals surface area contributed by atoms with Gasteiger partial charge in [0.15, 0.2) is 0 Å². The Bertz CT molecular complexity index is 778. The second-order valence-corrected chi connectivity index (χ2v) is 6.61. The number of phenolic OH excluding ortho intramolecular Hbond substituents is 2. The molecule has 0 bridgehead atoms. The molecule has 3 rings (SSSR count). The van der Waals surface area contributed by atoms with E-state index >= 15 is 0 Å². The molecule has 0 aromatic heterocycles.